The van der Waals surface area contributed by atoms with Crippen molar-refractivity contribution in [3.63, 3.8) is 0 Å². The van der Waals surface area contributed by atoms with Crippen LogP contribution in [0.15, 0.2) is 78.3 Å². The van der Waals surface area contributed by atoms with Crippen molar-refractivity contribution in [3.8, 4) is 0 Å². The van der Waals surface area contributed by atoms with Crippen LogP contribution >= 0.6 is 25.3 Å². The van der Waals surface area contributed by atoms with Gasteiger partial charge in [-0.05, 0) is 68.4 Å². The van der Waals surface area contributed by atoms with Gasteiger partial charge in [0.25, 0.3) is 0 Å². The molecule has 26 nitrogen and oxygen atoms in total. The zero-order valence-corrected chi connectivity index (χ0v) is 46.9. The van der Waals surface area contributed by atoms with E-state index in [1.54, 1.807) is 47.5 Å². The highest BCUT2D eigenvalue weighted by Gasteiger charge is 2.35. The quantitative estimate of drug-likeness (QED) is 0.0116. The molecule has 4 aromatic rings. The number of carbonyl (C=O) groups is 10. The van der Waals surface area contributed by atoms with Crippen LogP contribution in [-0.2, 0) is 67.2 Å². The molecule has 3 heterocycles. The molecule has 5 rings (SSSR count). The Morgan fingerprint density at radius 2 is 1.31 bits per heavy atom. The molecular formula is C53H73N15O11S2. The summed E-state index contributed by atoms with van der Waals surface area (Å²) in [6.45, 7) is 3.12. The van der Waals surface area contributed by atoms with Gasteiger partial charge in [-0.15, -0.1) is 0 Å². The van der Waals surface area contributed by atoms with Gasteiger partial charge in [0.2, 0.25) is 53.2 Å². The number of nitrogens with two attached hydrogens (primary N) is 2. The Morgan fingerprint density at radius 3 is 1.89 bits per heavy atom. The monoisotopic (exact) mass is 1160 g/mol. The van der Waals surface area contributed by atoms with E-state index in [9.17, 15) is 53.1 Å². The van der Waals surface area contributed by atoms with Gasteiger partial charge >= 0.3 is 5.97 Å². The van der Waals surface area contributed by atoms with Crippen molar-refractivity contribution in [2.45, 2.75) is 126 Å². The van der Waals surface area contributed by atoms with E-state index in [-0.39, 0.29) is 74.5 Å². The summed E-state index contributed by atoms with van der Waals surface area (Å²) in [6, 6.07) is 6.50. The Labute approximate surface area is 478 Å². The fraction of sp³-hybridized carbons (Fsp3) is 0.472. The minimum Gasteiger partial charge on any atom is -0.481 e. The molecule has 438 valence electrons. The molecule has 0 bridgehead atoms. The number of carboxylic acid groups (broad SMARTS) is 1. The number of aliphatic imine (C=N–C) groups is 1. The lowest BCUT2D eigenvalue weighted by Crippen LogP contribution is -2.60. The van der Waals surface area contributed by atoms with Crippen LogP contribution in [0.1, 0.15) is 75.6 Å². The van der Waals surface area contributed by atoms with E-state index < -0.39 is 115 Å². The van der Waals surface area contributed by atoms with E-state index in [2.05, 4.69) is 87.7 Å². The van der Waals surface area contributed by atoms with E-state index in [1.807, 2.05) is 25.1 Å². The lowest BCUT2D eigenvalue weighted by atomic mass is 10.0. The predicted molar refractivity (Wildman–Crippen MR) is 306 cm³/mol. The molecule has 9 amide bonds. The van der Waals surface area contributed by atoms with Crippen molar-refractivity contribution in [3.05, 3.63) is 90.1 Å². The number of aliphatic carboxylic acids is 1. The number of aromatic amines is 2. The number of amides is 9. The number of nitrogens with zero attached hydrogens (tertiary/aromatic N) is 3. The molecule has 1 aliphatic heterocycles. The van der Waals surface area contributed by atoms with Crippen LogP contribution in [0.2, 0.25) is 0 Å². The number of rotatable bonds is 32. The molecule has 2 aromatic carbocycles. The van der Waals surface area contributed by atoms with Gasteiger partial charge in [0.1, 0.15) is 42.3 Å². The maximum absolute atomic E-state index is 14.8. The number of aromatic nitrogens is 3. The van der Waals surface area contributed by atoms with Crippen LogP contribution in [0.3, 0.4) is 0 Å². The molecule has 15 N–H and O–H groups in total. The molecule has 81 heavy (non-hydrogen) atoms. The maximum Gasteiger partial charge on any atom is 0.303 e. The summed E-state index contributed by atoms with van der Waals surface area (Å²) in [7, 11) is 0. The van der Waals surface area contributed by atoms with Crippen molar-refractivity contribution in [1.82, 2.24) is 62.4 Å². The summed E-state index contributed by atoms with van der Waals surface area (Å²) in [6.07, 6.45) is 4.69. The van der Waals surface area contributed by atoms with Gasteiger partial charge in [0.15, 0.2) is 5.96 Å². The highest BCUT2D eigenvalue weighted by atomic mass is 32.1. The van der Waals surface area contributed by atoms with Crippen LogP contribution < -0.4 is 54.0 Å². The summed E-state index contributed by atoms with van der Waals surface area (Å²) < 4.78 is 0. The molecule has 0 unspecified atom stereocenters. The van der Waals surface area contributed by atoms with Crippen LogP contribution in [0.25, 0.3) is 10.9 Å². The number of thiol groups is 2. The van der Waals surface area contributed by atoms with Crippen molar-refractivity contribution in [2.75, 3.05) is 31.1 Å². The van der Waals surface area contributed by atoms with Gasteiger partial charge in [-0.1, -0.05) is 48.5 Å². The first kappa shape index (κ1) is 63.7. The summed E-state index contributed by atoms with van der Waals surface area (Å²) in [5, 5.41) is 31.3. The van der Waals surface area contributed by atoms with Gasteiger partial charge in [-0.25, -0.2) is 4.98 Å². The minimum atomic E-state index is -1.52. The van der Waals surface area contributed by atoms with E-state index in [4.69, 9.17) is 11.5 Å². The third-order valence-corrected chi connectivity index (χ3v) is 13.9. The third-order valence-electron chi connectivity index (χ3n) is 13.3. The zero-order valence-electron chi connectivity index (χ0n) is 45.1. The zero-order chi connectivity index (χ0) is 59.0. The van der Waals surface area contributed by atoms with Crippen molar-refractivity contribution in [2.24, 2.45) is 16.5 Å². The Balaban J connectivity index is 1.42. The van der Waals surface area contributed by atoms with Crippen molar-refractivity contribution in [1.29, 1.82) is 0 Å². The number of para-hydroxylation sites is 1. The molecule has 1 aliphatic rings. The van der Waals surface area contributed by atoms with Crippen LogP contribution in [0.4, 0.5) is 0 Å². The van der Waals surface area contributed by atoms with E-state index >= 15 is 0 Å². The SMILES string of the molecule is CC(=O)N[C@@H](CCS)C(=O)N[C@@H](CCC(=O)O)C(=O)N[C@@H](Cc1cnc[nH]1)C(=O)N[C@H](Cc1ccccc1)C(=O)N[C@@H](CCCN=C(N)N)C(=O)N[C@@H](Cc1c[nH]c2ccccc12)C(=O)NCC(=O)N[C@@H](CS)C(=O)N1CCC[C@H]1C. The molecule has 8 atom stereocenters. The summed E-state index contributed by atoms with van der Waals surface area (Å²) in [5.74, 6) is -8.00. The highest BCUT2D eigenvalue weighted by Crippen LogP contribution is 2.20. The summed E-state index contributed by atoms with van der Waals surface area (Å²) in [4.78, 5) is 152. The van der Waals surface area contributed by atoms with Crippen LogP contribution in [-0.4, -0.2) is 170 Å². The number of fused-ring (bicyclic) bond motifs is 1. The van der Waals surface area contributed by atoms with Crippen LogP contribution in [0.5, 0.6) is 0 Å². The maximum atomic E-state index is 14.8. The average molecular weight is 1160 g/mol. The Morgan fingerprint density at radius 1 is 0.716 bits per heavy atom. The number of hydrogen-bond acceptors (Lipinski definition) is 14. The number of carboxylic acids is 1. The third kappa shape index (κ3) is 20.5. The molecule has 0 spiro atoms. The summed E-state index contributed by atoms with van der Waals surface area (Å²) >= 11 is 8.46. The topological polar surface area (TPSA) is 399 Å². The molecule has 0 radical (unpaired) electrons. The fourth-order valence-electron chi connectivity index (χ4n) is 9.11. The predicted octanol–water partition coefficient (Wildman–Crippen LogP) is -1.37. The number of carbonyl (C=O) groups excluding carboxylic acids is 9. The van der Waals surface area contributed by atoms with Gasteiger partial charge in [0, 0.05) is 86.5 Å². The number of nitrogens with one attached hydrogen (secondary N) is 10. The lowest BCUT2D eigenvalue weighted by molar-refractivity contribution is -0.138. The van der Waals surface area contributed by atoms with Gasteiger partial charge < -0.3 is 74.0 Å². The first-order valence-electron chi connectivity index (χ1n) is 26.5. The number of benzene rings is 2. The highest BCUT2D eigenvalue weighted by molar-refractivity contribution is 7.80. The molecule has 2 aromatic heterocycles. The number of hydrogen-bond donors (Lipinski definition) is 15. The van der Waals surface area contributed by atoms with E-state index in [0.717, 1.165) is 23.7 Å². The standard InChI is InChI=1S/C53H73N15O11S2/c1-30-10-9-20-68(30)52(79)43(28-81)62-44(70)27-59-46(73)41(23-33-25-58-36-14-7-6-13-35(33)36)66-47(74)37(15-8-19-57-53(54)55)63-50(77)40(22-32-11-4-3-5-12-32)65-51(78)42(24-34-26-56-29-60-34)67-48(75)38(16-17-45(71)72)64-49(76)39(18-21-80)61-31(2)69/h3-7,11-14,25-26,29-30,37-43,58,80-81H,8-10,15-24,27-28H2,1-2H3,(H,56,60)(H,59,73)(H,61,69)(H,62,70)(H,63,77)(H,64,76)(H,65,78)(H,66,74)(H,67,75)(H,71,72)(H4,54,55,57)/t30-,37+,38+,39+,40-,41+,42+,43+/m1/s1. The van der Waals surface area contributed by atoms with E-state index in [0.29, 0.717) is 23.4 Å². The Kier molecular flexibility index (Phi) is 25.3. The number of imidazole rings is 1. The number of guanidine groups is 1. The Hall–Kier alpha value is -8.14. The van der Waals surface area contributed by atoms with E-state index in [1.165, 1.54) is 19.4 Å². The van der Waals surface area contributed by atoms with Crippen LogP contribution in [0, 0.1) is 0 Å². The first-order chi connectivity index (χ1) is 38.8. The molecule has 1 fully saturated rings. The first-order valence-corrected chi connectivity index (χ1v) is 27.7. The number of H-pyrrole nitrogens is 2. The second-order valence-corrected chi connectivity index (χ2v) is 20.3. The van der Waals surface area contributed by atoms with Gasteiger partial charge in [-0.3, -0.25) is 52.9 Å². The average Bonchev–Trinajstić information content (AvgIpc) is 4.26. The smallest absolute Gasteiger partial charge is 0.303 e. The molecule has 0 saturated carbocycles. The summed E-state index contributed by atoms with van der Waals surface area (Å²) in [5.41, 5.74) is 13.5. The van der Waals surface area contributed by atoms with Gasteiger partial charge in [0.05, 0.1) is 12.9 Å². The van der Waals surface area contributed by atoms with Crippen molar-refractivity contribution < 1.29 is 53.1 Å². The minimum absolute atomic E-state index is 0.00770. The molecule has 28 heteroatoms. The molecular weight excluding hydrogens is 1090 g/mol. The molecule has 0 aliphatic carbocycles. The fourth-order valence-corrected chi connectivity index (χ4v) is 9.62. The second kappa shape index (κ2) is 32.2. The largest absolute Gasteiger partial charge is 0.481 e. The second-order valence-electron chi connectivity index (χ2n) is 19.5. The lowest BCUT2D eigenvalue weighted by Gasteiger charge is -2.28. The Bertz CT molecular complexity index is 2830. The van der Waals surface area contributed by atoms with Gasteiger partial charge in [-0.2, -0.15) is 25.3 Å². The van der Waals surface area contributed by atoms with Crippen molar-refractivity contribution >= 4 is 101 Å². The number of likely N-dealkylation sites (tertiary alicyclic amines) is 1. The molecule has 1 saturated heterocycles. The normalized spacial score (nSPS) is 15.5.